The third kappa shape index (κ3) is 5.55. The van der Waals surface area contributed by atoms with Gasteiger partial charge in [0.2, 0.25) is 0 Å². The molecule has 0 spiro atoms. The first-order chi connectivity index (χ1) is 11.1. The van der Waals surface area contributed by atoms with Gasteiger partial charge in [0.15, 0.2) is 11.5 Å². The van der Waals surface area contributed by atoms with Gasteiger partial charge in [-0.25, -0.2) is 4.79 Å². The van der Waals surface area contributed by atoms with E-state index in [1.165, 1.54) is 18.9 Å². The third-order valence-electron chi connectivity index (χ3n) is 3.60. The van der Waals surface area contributed by atoms with Gasteiger partial charge >= 0.3 is 5.97 Å². The maximum Gasteiger partial charge on any atom is 0.328 e. The van der Waals surface area contributed by atoms with Gasteiger partial charge in [-0.1, -0.05) is 0 Å². The number of carboxylic acid groups (broad SMARTS) is 1. The third-order valence-corrected chi connectivity index (χ3v) is 4.19. The number of aliphatic carboxylic acids is 1. The first kappa shape index (κ1) is 17.8. The molecule has 2 rings (SSSR count). The van der Waals surface area contributed by atoms with E-state index in [1.54, 1.807) is 6.07 Å². The molecule has 6 heteroatoms. The van der Waals surface area contributed by atoms with Crippen molar-refractivity contribution >= 4 is 28.0 Å². The van der Waals surface area contributed by atoms with Gasteiger partial charge in [-0.2, -0.15) is 0 Å². The molecule has 0 radical (unpaired) electrons. The highest BCUT2D eigenvalue weighted by Crippen LogP contribution is 2.37. The van der Waals surface area contributed by atoms with Crippen molar-refractivity contribution < 1.29 is 19.4 Å². The standard InChI is InChI=1S/C17H22BrNO4/c1-2-22-15-12-13(5-6-16(20)21)11-14(18)17(15)23-10-9-19-7-3-4-8-19/h5-6,11-12H,2-4,7-10H2,1H3,(H,20,21). The summed E-state index contributed by atoms with van der Waals surface area (Å²) in [7, 11) is 0. The molecule has 0 bridgehead atoms. The molecule has 1 N–H and O–H groups in total. The summed E-state index contributed by atoms with van der Waals surface area (Å²) in [5.74, 6) is 0.303. The zero-order valence-electron chi connectivity index (χ0n) is 13.3. The average Bonchev–Trinajstić information content (AvgIpc) is 3.01. The molecule has 0 aromatic heterocycles. The zero-order chi connectivity index (χ0) is 16.7. The molecule has 1 heterocycles. The molecule has 0 aliphatic carbocycles. The largest absolute Gasteiger partial charge is 0.490 e. The van der Waals surface area contributed by atoms with Gasteiger partial charge in [-0.3, -0.25) is 4.90 Å². The van der Waals surface area contributed by atoms with E-state index in [0.29, 0.717) is 24.7 Å². The number of ether oxygens (including phenoxy) is 2. The summed E-state index contributed by atoms with van der Waals surface area (Å²) in [5, 5.41) is 8.73. The van der Waals surface area contributed by atoms with E-state index in [0.717, 1.165) is 35.7 Å². The lowest BCUT2D eigenvalue weighted by Gasteiger charge is -2.18. The topological polar surface area (TPSA) is 59.0 Å². The molecule has 1 fully saturated rings. The molecule has 1 aliphatic rings. The highest BCUT2D eigenvalue weighted by atomic mass is 79.9. The number of halogens is 1. The van der Waals surface area contributed by atoms with Gasteiger partial charge in [-0.15, -0.1) is 0 Å². The van der Waals surface area contributed by atoms with Crippen LogP contribution in [-0.4, -0.2) is 48.8 Å². The van der Waals surface area contributed by atoms with Crippen molar-refractivity contribution in [2.24, 2.45) is 0 Å². The SMILES string of the molecule is CCOc1cc(C=CC(=O)O)cc(Br)c1OCCN1CCCC1. The monoisotopic (exact) mass is 383 g/mol. The molecule has 0 amide bonds. The second-order valence-corrected chi connectivity index (χ2v) is 6.19. The number of likely N-dealkylation sites (tertiary alicyclic amines) is 1. The Bertz CT molecular complexity index is 568. The van der Waals surface area contributed by atoms with Crippen LogP contribution in [0.4, 0.5) is 0 Å². The van der Waals surface area contributed by atoms with Crippen LogP contribution in [0.3, 0.4) is 0 Å². The lowest BCUT2D eigenvalue weighted by Crippen LogP contribution is -2.25. The lowest BCUT2D eigenvalue weighted by molar-refractivity contribution is -0.131. The molecule has 1 aliphatic heterocycles. The lowest BCUT2D eigenvalue weighted by atomic mass is 10.2. The summed E-state index contributed by atoms with van der Waals surface area (Å²) in [5.41, 5.74) is 0.745. The van der Waals surface area contributed by atoms with Crippen molar-refractivity contribution in [3.8, 4) is 11.5 Å². The number of hydrogen-bond donors (Lipinski definition) is 1. The molecule has 1 aromatic rings. The highest BCUT2D eigenvalue weighted by Gasteiger charge is 2.14. The van der Waals surface area contributed by atoms with Crippen LogP contribution in [0.2, 0.25) is 0 Å². The summed E-state index contributed by atoms with van der Waals surface area (Å²) in [6.07, 6.45) is 5.16. The van der Waals surface area contributed by atoms with Crippen LogP contribution in [0.1, 0.15) is 25.3 Å². The van der Waals surface area contributed by atoms with Crippen LogP contribution in [0, 0.1) is 0 Å². The second kappa shape index (κ2) is 8.93. The maximum atomic E-state index is 10.6. The number of rotatable bonds is 8. The van der Waals surface area contributed by atoms with E-state index in [9.17, 15) is 4.79 Å². The molecule has 1 aromatic carbocycles. The Hall–Kier alpha value is -1.53. The fourth-order valence-electron chi connectivity index (χ4n) is 2.54. The Morgan fingerprint density at radius 2 is 2.09 bits per heavy atom. The van der Waals surface area contributed by atoms with Crippen molar-refractivity contribution in [1.29, 1.82) is 0 Å². The van der Waals surface area contributed by atoms with E-state index < -0.39 is 5.97 Å². The van der Waals surface area contributed by atoms with Crippen molar-refractivity contribution in [2.45, 2.75) is 19.8 Å². The van der Waals surface area contributed by atoms with Crippen LogP contribution in [0.15, 0.2) is 22.7 Å². The van der Waals surface area contributed by atoms with Crippen LogP contribution >= 0.6 is 15.9 Å². The normalized spacial score (nSPS) is 15.2. The molecular formula is C17H22BrNO4. The summed E-state index contributed by atoms with van der Waals surface area (Å²) in [4.78, 5) is 13.0. The summed E-state index contributed by atoms with van der Waals surface area (Å²) >= 11 is 3.49. The molecule has 23 heavy (non-hydrogen) atoms. The van der Waals surface area contributed by atoms with Crippen LogP contribution in [0.5, 0.6) is 11.5 Å². The van der Waals surface area contributed by atoms with Gasteiger partial charge < -0.3 is 14.6 Å². The van der Waals surface area contributed by atoms with Gasteiger partial charge in [0.05, 0.1) is 11.1 Å². The molecule has 0 atom stereocenters. The van der Waals surface area contributed by atoms with Crippen LogP contribution < -0.4 is 9.47 Å². The highest BCUT2D eigenvalue weighted by molar-refractivity contribution is 9.10. The van der Waals surface area contributed by atoms with Crippen molar-refractivity contribution in [3.05, 3.63) is 28.2 Å². The van der Waals surface area contributed by atoms with Gasteiger partial charge in [0, 0.05) is 12.6 Å². The quantitative estimate of drug-likeness (QED) is 0.696. The molecule has 1 saturated heterocycles. The fraction of sp³-hybridized carbons (Fsp3) is 0.471. The molecule has 0 unspecified atom stereocenters. The maximum absolute atomic E-state index is 10.6. The van der Waals surface area contributed by atoms with E-state index in [-0.39, 0.29) is 0 Å². The Kier molecular flexibility index (Phi) is 6.92. The number of nitrogens with zero attached hydrogens (tertiary/aromatic N) is 1. The molecule has 0 saturated carbocycles. The summed E-state index contributed by atoms with van der Waals surface area (Å²) in [6.45, 7) is 6.20. The van der Waals surface area contributed by atoms with E-state index >= 15 is 0 Å². The predicted octanol–water partition coefficient (Wildman–Crippen LogP) is 3.42. The summed E-state index contributed by atoms with van der Waals surface area (Å²) in [6, 6.07) is 3.62. The first-order valence-electron chi connectivity index (χ1n) is 7.82. The zero-order valence-corrected chi connectivity index (χ0v) is 14.8. The Balaban J connectivity index is 2.08. The van der Waals surface area contributed by atoms with Gasteiger partial charge in [0.25, 0.3) is 0 Å². The Labute approximate surface area is 145 Å². The van der Waals surface area contributed by atoms with Gasteiger partial charge in [-0.05, 0) is 72.6 Å². The number of carboxylic acids is 1. The van der Waals surface area contributed by atoms with Crippen LogP contribution in [-0.2, 0) is 4.79 Å². The molecule has 5 nitrogen and oxygen atoms in total. The van der Waals surface area contributed by atoms with E-state index in [4.69, 9.17) is 14.6 Å². The molecular weight excluding hydrogens is 362 g/mol. The molecule has 126 valence electrons. The predicted molar refractivity (Wildman–Crippen MR) is 93.1 cm³/mol. The van der Waals surface area contributed by atoms with Crippen molar-refractivity contribution in [3.63, 3.8) is 0 Å². The van der Waals surface area contributed by atoms with Crippen LogP contribution in [0.25, 0.3) is 6.08 Å². The minimum Gasteiger partial charge on any atom is -0.490 e. The van der Waals surface area contributed by atoms with E-state index in [2.05, 4.69) is 20.8 Å². The first-order valence-corrected chi connectivity index (χ1v) is 8.62. The minimum absolute atomic E-state index is 0.515. The Morgan fingerprint density at radius 1 is 1.35 bits per heavy atom. The number of carbonyl (C=O) groups is 1. The smallest absolute Gasteiger partial charge is 0.328 e. The summed E-state index contributed by atoms with van der Waals surface area (Å²) < 4.78 is 12.3. The van der Waals surface area contributed by atoms with Crippen molar-refractivity contribution in [2.75, 3.05) is 32.8 Å². The number of benzene rings is 1. The second-order valence-electron chi connectivity index (χ2n) is 5.33. The minimum atomic E-state index is -0.981. The average molecular weight is 384 g/mol. The van der Waals surface area contributed by atoms with E-state index in [1.807, 2.05) is 13.0 Å². The van der Waals surface area contributed by atoms with Crippen molar-refractivity contribution in [1.82, 2.24) is 4.90 Å². The van der Waals surface area contributed by atoms with Gasteiger partial charge in [0.1, 0.15) is 6.61 Å². The number of hydrogen-bond acceptors (Lipinski definition) is 4. The Morgan fingerprint density at radius 3 is 2.74 bits per heavy atom. The fourth-order valence-corrected chi connectivity index (χ4v) is 3.11.